The van der Waals surface area contributed by atoms with Crippen LogP contribution >= 0.6 is 0 Å². The molecule has 94 valence electrons. The van der Waals surface area contributed by atoms with E-state index in [9.17, 15) is 0 Å². The van der Waals surface area contributed by atoms with Crippen molar-refractivity contribution in [3.05, 3.63) is 0 Å². The van der Waals surface area contributed by atoms with Crippen molar-refractivity contribution in [2.75, 3.05) is 39.8 Å². The third kappa shape index (κ3) is 2.98. The molecule has 2 nitrogen and oxygen atoms in total. The van der Waals surface area contributed by atoms with Gasteiger partial charge in [0.2, 0.25) is 0 Å². The van der Waals surface area contributed by atoms with E-state index < -0.39 is 0 Å². The zero-order chi connectivity index (χ0) is 11.6. The van der Waals surface area contributed by atoms with Crippen molar-refractivity contribution in [1.82, 2.24) is 9.80 Å². The number of likely N-dealkylation sites (tertiary alicyclic amines) is 2. The molecule has 2 aliphatic heterocycles. The topological polar surface area (TPSA) is 6.48 Å². The van der Waals surface area contributed by atoms with E-state index in [0.29, 0.717) is 5.41 Å². The first-order chi connectivity index (χ1) is 7.60. The van der Waals surface area contributed by atoms with Crippen LogP contribution in [0, 0.1) is 11.3 Å². The Morgan fingerprint density at radius 1 is 1.06 bits per heavy atom. The summed E-state index contributed by atoms with van der Waals surface area (Å²) >= 11 is 0. The molecule has 2 rings (SSSR count). The summed E-state index contributed by atoms with van der Waals surface area (Å²) < 4.78 is 0. The molecule has 0 aromatic rings. The summed E-state index contributed by atoms with van der Waals surface area (Å²) in [5.74, 6) is 0.822. The van der Waals surface area contributed by atoms with Crippen molar-refractivity contribution in [2.45, 2.75) is 39.5 Å². The van der Waals surface area contributed by atoms with Gasteiger partial charge in [-0.2, -0.15) is 0 Å². The van der Waals surface area contributed by atoms with Crippen LogP contribution in [0.25, 0.3) is 0 Å². The van der Waals surface area contributed by atoms with E-state index >= 15 is 0 Å². The van der Waals surface area contributed by atoms with Gasteiger partial charge in [0.25, 0.3) is 0 Å². The second-order valence-electron chi connectivity index (χ2n) is 6.54. The Bertz CT molecular complexity index is 217. The molecule has 0 amide bonds. The van der Waals surface area contributed by atoms with Gasteiger partial charge in [-0.15, -0.1) is 0 Å². The van der Waals surface area contributed by atoms with Crippen molar-refractivity contribution >= 4 is 0 Å². The third-order valence-corrected chi connectivity index (χ3v) is 4.39. The lowest BCUT2D eigenvalue weighted by molar-refractivity contribution is 0.0308. The lowest BCUT2D eigenvalue weighted by Crippen LogP contribution is -2.49. The fourth-order valence-electron chi connectivity index (χ4n) is 3.59. The Labute approximate surface area is 101 Å². The fraction of sp³-hybridized carbons (Fsp3) is 1.00. The second-order valence-corrected chi connectivity index (χ2v) is 6.54. The summed E-state index contributed by atoms with van der Waals surface area (Å²) in [6.07, 6.45) is 5.77. The highest BCUT2D eigenvalue weighted by Gasteiger charge is 2.37. The maximum absolute atomic E-state index is 2.67. The zero-order valence-electron chi connectivity index (χ0n) is 11.3. The van der Waals surface area contributed by atoms with E-state index in [0.717, 1.165) is 5.92 Å². The van der Waals surface area contributed by atoms with Crippen LogP contribution in [0.5, 0.6) is 0 Å². The summed E-state index contributed by atoms with van der Waals surface area (Å²) in [6, 6.07) is 0. The van der Waals surface area contributed by atoms with E-state index in [1.807, 2.05) is 0 Å². The molecule has 2 saturated heterocycles. The highest BCUT2D eigenvalue weighted by molar-refractivity contribution is 4.90. The fourth-order valence-corrected chi connectivity index (χ4v) is 3.59. The Balaban J connectivity index is 1.83. The molecule has 0 aromatic heterocycles. The molecule has 2 aliphatic rings. The Morgan fingerprint density at radius 3 is 2.31 bits per heavy atom. The monoisotopic (exact) mass is 224 g/mol. The van der Waals surface area contributed by atoms with Gasteiger partial charge in [0.05, 0.1) is 0 Å². The van der Waals surface area contributed by atoms with Gasteiger partial charge in [-0.25, -0.2) is 0 Å². The molecular formula is C14H28N2. The zero-order valence-corrected chi connectivity index (χ0v) is 11.3. The summed E-state index contributed by atoms with van der Waals surface area (Å²) in [5, 5.41) is 0. The standard InChI is InChI=1S/C14H28N2/c1-13(2)11-16-9-6-14(7-10-16)5-4-8-15(3)12-14/h13H,4-12H2,1-3H3. The molecule has 0 N–H and O–H groups in total. The molecule has 2 fully saturated rings. The van der Waals surface area contributed by atoms with Gasteiger partial charge in [0.15, 0.2) is 0 Å². The molecule has 2 heterocycles. The van der Waals surface area contributed by atoms with E-state index in [1.54, 1.807) is 0 Å². The molecule has 0 atom stereocenters. The van der Waals surface area contributed by atoms with Gasteiger partial charge >= 0.3 is 0 Å². The number of hydrogen-bond acceptors (Lipinski definition) is 2. The molecule has 1 spiro atoms. The molecule has 0 unspecified atom stereocenters. The van der Waals surface area contributed by atoms with Crippen LogP contribution in [0.15, 0.2) is 0 Å². The lowest BCUT2D eigenvalue weighted by Gasteiger charge is -2.47. The quantitative estimate of drug-likeness (QED) is 0.711. The molecule has 0 aliphatic carbocycles. The minimum atomic E-state index is 0.681. The summed E-state index contributed by atoms with van der Waals surface area (Å²) in [4.78, 5) is 5.21. The highest BCUT2D eigenvalue weighted by Crippen LogP contribution is 2.39. The average molecular weight is 224 g/mol. The predicted octanol–water partition coefficient (Wildman–Crippen LogP) is 2.45. The van der Waals surface area contributed by atoms with Crippen molar-refractivity contribution in [2.24, 2.45) is 11.3 Å². The first-order valence-corrected chi connectivity index (χ1v) is 7.01. The van der Waals surface area contributed by atoms with Gasteiger partial charge < -0.3 is 9.80 Å². The largest absolute Gasteiger partial charge is 0.306 e. The molecule has 16 heavy (non-hydrogen) atoms. The van der Waals surface area contributed by atoms with Crippen LogP contribution < -0.4 is 0 Å². The van der Waals surface area contributed by atoms with Crippen molar-refractivity contribution < 1.29 is 0 Å². The van der Waals surface area contributed by atoms with Gasteiger partial charge in [-0.1, -0.05) is 13.8 Å². The summed E-state index contributed by atoms with van der Waals surface area (Å²) in [6.45, 7) is 11.3. The minimum Gasteiger partial charge on any atom is -0.306 e. The van der Waals surface area contributed by atoms with E-state index in [1.165, 1.54) is 58.4 Å². The Hall–Kier alpha value is -0.0800. The average Bonchev–Trinajstić information content (AvgIpc) is 2.21. The van der Waals surface area contributed by atoms with Gasteiger partial charge in [-0.05, 0) is 63.7 Å². The number of piperidine rings is 2. The third-order valence-electron chi connectivity index (χ3n) is 4.39. The second kappa shape index (κ2) is 5.05. The lowest BCUT2D eigenvalue weighted by atomic mass is 9.72. The van der Waals surface area contributed by atoms with Crippen LogP contribution in [-0.2, 0) is 0 Å². The minimum absolute atomic E-state index is 0.681. The van der Waals surface area contributed by atoms with Crippen molar-refractivity contribution in [3.8, 4) is 0 Å². The number of rotatable bonds is 2. The highest BCUT2D eigenvalue weighted by atomic mass is 15.2. The van der Waals surface area contributed by atoms with Crippen LogP contribution in [0.4, 0.5) is 0 Å². The first-order valence-electron chi connectivity index (χ1n) is 7.01. The molecule has 0 saturated carbocycles. The Morgan fingerprint density at radius 2 is 1.75 bits per heavy atom. The van der Waals surface area contributed by atoms with E-state index in [4.69, 9.17) is 0 Å². The van der Waals surface area contributed by atoms with Gasteiger partial charge in [0.1, 0.15) is 0 Å². The normalized spacial score (nSPS) is 27.8. The summed E-state index contributed by atoms with van der Waals surface area (Å²) in [7, 11) is 2.29. The molecule has 2 heteroatoms. The van der Waals surface area contributed by atoms with Crippen LogP contribution in [0.2, 0.25) is 0 Å². The van der Waals surface area contributed by atoms with Crippen molar-refractivity contribution in [1.29, 1.82) is 0 Å². The van der Waals surface area contributed by atoms with Crippen LogP contribution in [0.3, 0.4) is 0 Å². The van der Waals surface area contributed by atoms with Crippen LogP contribution in [-0.4, -0.2) is 49.6 Å². The summed E-state index contributed by atoms with van der Waals surface area (Å²) in [5.41, 5.74) is 0.681. The molecule has 0 bridgehead atoms. The van der Waals surface area contributed by atoms with Crippen molar-refractivity contribution in [3.63, 3.8) is 0 Å². The van der Waals surface area contributed by atoms with Gasteiger partial charge in [-0.3, -0.25) is 0 Å². The number of nitrogens with zero attached hydrogens (tertiary/aromatic N) is 2. The SMILES string of the molecule is CC(C)CN1CCC2(CCCN(C)C2)CC1. The molecule has 0 aromatic carbocycles. The van der Waals surface area contributed by atoms with E-state index in [2.05, 4.69) is 30.7 Å². The molecular weight excluding hydrogens is 196 g/mol. The maximum Gasteiger partial charge on any atom is 0.00359 e. The predicted molar refractivity (Wildman–Crippen MR) is 69.7 cm³/mol. The van der Waals surface area contributed by atoms with Gasteiger partial charge in [0, 0.05) is 13.1 Å². The Kier molecular flexibility index (Phi) is 3.91. The first kappa shape index (κ1) is 12.4. The van der Waals surface area contributed by atoms with E-state index in [-0.39, 0.29) is 0 Å². The maximum atomic E-state index is 2.67. The smallest absolute Gasteiger partial charge is 0.00359 e. The molecule has 0 radical (unpaired) electrons. The van der Waals surface area contributed by atoms with Crippen LogP contribution in [0.1, 0.15) is 39.5 Å². The number of hydrogen-bond donors (Lipinski definition) is 0.